The van der Waals surface area contributed by atoms with Crippen molar-refractivity contribution in [2.75, 3.05) is 5.32 Å². The van der Waals surface area contributed by atoms with Crippen molar-refractivity contribution in [3.05, 3.63) is 94.1 Å². The predicted octanol–water partition coefficient (Wildman–Crippen LogP) is 6.40. The molecule has 0 spiro atoms. The summed E-state index contributed by atoms with van der Waals surface area (Å²) in [4.78, 5) is 4.02. The largest absolute Gasteiger partial charge is 0.416 e. The third kappa shape index (κ3) is 5.09. The Kier molecular flexibility index (Phi) is 6.34. The van der Waals surface area contributed by atoms with Crippen LogP contribution >= 0.6 is 35.0 Å². The van der Waals surface area contributed by atoms with Crippen molar-refractivity contribution in [3.8, 4) is 0 Å². The molecule has 0 atom stereocenters. The molecule has 5 nitrogen and oxygen atoms in total. The first-order valence-electron chi connectivity index (χ1n) is 8.82. The monoisotopic (exact) mass is 442 g/mol. The van der Waals surface area contributed by atoms with Crippen LogP contribution in [0, 0.1) is 0 Å². The topological polar surface area (TPSA) is 63.8 Å². The number of benzene rings is 2. The van der Waals surface area contributed by atoms with Gasteiger partial charge in [0.2, 0.25) is 5.89 Å². The van der Waals surface area contributed by atoms with Gasteiger partial charge in [0.25, 0.3) is 5.22 Å². The van der Waals surface area contributed by atoms with E-state index >= 15 is 0 Å². The lowest BCUT2D eigenvalue weighted by atomic mass is 10.1. The van der Waals surface area contributed by atoms with Gasteiger partial charge in [-0.3, -0.25) is 4.98 Å². The molecule has 0 unspecified atom stereocenters. The third-order valence-corrected chi connectivity index (χ3v) is 5.66. The van der Waals surface area contributed by atoms with E-state index in [0.717, 1.165) is 22.6 Å². The highest BCUT2D eigenvalue weighted by Gasteiger charge is 2.12. The summed E-state index contributed by atoms with van der Waals surface area (Å²) in [6.45, 7) is 0. The Morgan fingerprint density at radius 2 is 1.66 bits per heavy atom. The number of pyridine rings is 1. The molecule has 2 aromatic carbocycles. The molecule has 0 aliphatic carbocycles. The van der Waals surface area contributed by atoms with E-state index in [9.17, 15) is 0 Å². The van der Waals surface area contributed by atoms with Gasteiger partial charge in [0.05, 0.1) is 22.2 Å². The maximum Gasteiger partial charge on any atom is 0.276 e. The number of rotatable bonds is 7. The number of nitrogens with one attached hydrogen (secondary N) is 1. The minimum Gasteiger partial charge on any atom is -0.416 e. The molecule has 0 aliphatic rings. The molecule has 2 heterocycles. The molecule has 1 N–H and O–H groups in total. The average Bonchev–Trinajstić information content (AvgIpc) is 3.19. The van der Waals surface area contributed by atoms with Crippen LogP contribution in [-0.4, -0.2) is 15.2 Å². The van der Waals surface area contributed by atoms with Crippen LogP contribution in [0.4, 0.5) is 11.4 Å². The Bertz CT molecular complexity index is 1080. The molecule has 0 amide bonds. The second-order valence-electron chi connectivity index (χ2n) is 6.16. The molecule has 146 valence electrons. The zero-order chi connectivity index (χ0) is 20.1. The van der Waals surface area contributed by atoms with Crippen LogP contribution in [0.15, 0.2) is 76.6 Å². The van der Waals surface area contributed by atoms with Crippen molar-refractivity contribution in [2.24, 2.45) is 0 Å². The van der Waals surface area contributed by atoms with E-state index in [1.54, 1.807) is 24.5 Å². The lowest BCUT2D eigenvalue weighted by Crippen LogP contribution is -1.98. The highest BCUT2D eigenvalue weighted by atomic mass is 35.5. The number of hydrogen-bond acceptors (Lipinski definition) is 6. The van der Waals surface area contributed by atoms with Gasteiger partial charge in [0.15, 0.2) is 0 Å². The fraction of sp³-hybridized carbons (Fsp3) is 0.0952. The highest BCUT2D eigenvalue weighted by Crippen LogP contribution is 2.34. The average molecular weight is 443 g/mol. The highest BCUT2D eigenvalue weighted by molar-refractivity contribution is 7.98. The Labute approximate surface area is 182 Å². The summed E-state index contributed by atoms with van der Waals surface area (Å²) in [5.74, 6) is 1.29. The quantitative estimate of drug-likeness (QED) is 0.334. The molecular weight excluding hydrogens is 427 g/mol. The Morgan fingerprint density at radius 3 is 2.45 bits per heavy atom. The van der Waals surface area contributed by atoms with Crippen molar-refractivity contribution in [1.29, 1.82) is 0 Å². The van der Waals surface area contributed by atoms with Crippen molar-refractivity contribution in [1.82, 2.24) is 15.2 Å². The predicted molar refractivity (Wildman–Crippen MR) is 117 cm³/mol. The first kappa shape index (κ1) is 19.8. The molecule has 4 aromatic rings. The molecule has 0 bridgehead atoms. The summed E-state index contributed by atoms with van der Waals surface area (Å²) in [5, 5.41) is 13.3. The SMILES string of the molecule is Clc1cccc(Cl)c1Nc1ccccc1Cc1nnc(SCc2ccncc2)o1. The van der Waals surface area contributed by atoms with Gasteiger partial charge in [-0.15, -0.1) is 10.2 Å². The van der Waals surface area contributed by atoms with E-state index in [0.29, 0.717) is 33.3 Å². The van der Waals surface area contributed by atoms with Gasteiger partial charge in [0, 0.05) is 23.8 Å². The van der Waals surface area contributed by atoms with E-state index in [2.05, 4.69) is 20.5 Å². The van der Waals surface area contributed by atoms with Crippen LogP contribution in [0.2, 0.25) is 10.0 Å². The van der Waals surface area contributed by atoms with Gasteiger partial charge in [-0.25, -0.2) is 0 Å². The summed E-state index contributed by atoms with van der Waals surface area (Å²) in [5.41, 5.74) is 3.70. The Morgan fingerprint density at radius 1 is 0.897 bits per heavy atom. The standard InChI is InChI=1S/C21H16Cl2N4OS/c22-16-5-3-6-17(23)20(16)25-18-7-2-1-4-15(18)12-19-26-27-21(28-19)29-13-14-8-10-24-11-9-14/h1-11,25H,12-13H2. The third-order valence-electron chi connectivity index (χ3n) is 4.14. The zero-order valence-electron chi connectivity index (χ0n) is 15.2. The first-order valence-corrected chi connectivity index (χ1v) is 10.6. The minimum absolute atomic E-state index is 0.494. The van der Waals surface area contributed by atoms with E-state index in [1.807, 2.05) is 42.5 Å². The molecule has 4 rings (SSSR count). The van der Waals surface area contributed by atoms with Crippen LogP contribution in [0.1, 0.15) is 17.0 Å². The fourth-order valence-electron chi connectivity index (χ4n) is 2.70. The van der Waals surface area contributed by atoms with Crippen molar-refractivity contribution in [2.45, 2.75) is 17.4 Å². The van der Waals surface area contributed by atoms with Gasteiger partial charge in [-0.2, -0.15) is 0 Å². The Hall–Kier alpha value is -2.54. The number of anilines is 2. The second-order valence-corrected chi connectivity index (χ2v) is 7.90. The fourth-order valence-corrected chi connectivity index (χ4v) is 3.93. The van der Waals surface area contributed by atoms with Gasteiger partial charge in [-0.05, 0) is 41.5 Å². The zero-order valence-corrected chi connectivity index (χ0v) is 17.5. The minimum atomic E-state index is 0.494. The van der Waals surface area contributed by atoms with Crippen LogP contribution in [0.25, 0.3) is 0 Å². The molecule has 0 saturated heterocycles. The summed E-state index contributed by atoms with van der Waals surface area (Å²) >= 11 is 14.1. The van der Waals surface area contributed by atoms with Crippen molar-refractivity contribution >= 4 is 46.3 Å². The number of hydrogen-bond donors (Lipinski definition) is 1. The number of aromatic nitrogens is 3. The molecule has 8 heteroatoms. The number of nitrogens with zero attached hydrogens (tertiary/aromatic N) is 3. The van der Waals surface area contributed by atoms with Gasteiger partial charge in [0.1, 0.15) is 0 Å². The summed E-state index contributed by atoms with van der Waals surface area (Å²) < 4.78 is 5.81. The summed E-state index contributed by atoms with van der Waals surface area (Å²) in [7, 11) is 0. The normalized spacial score (nSPS) is 10.8. The molecule has 0 fully saturated rings. The summed E-state index contributed by atoms with van der Waals surface area (Å²) in [6.07, 6.45) is 4.03. The van der Waals surface area contributed by atoms with Crippen LogP contribution < -0.4 is 5.32 Å². The Balaban J connectivity index is 1.47. The lowest BCUT2D eigenvalue weighted by Gasteiger charge is -2.13. The molecule has 0 radical (unpaired) electrons. The van der Waals surface area contributed by atoms with E-state index in [4.69, 9.17) is 27.6 Å². The second kappa shape index (κ2) is 9.31. The van der Waals surface area contributed by atoms with Crippen LogP contribution in [0.5, 0.6) is 0 Å². The summed E-state index contributed by atoms with van der Waals surface area (Å²) in [6, 6.07) is 17.2. The number of para-hydroxylation sites is 2. The molecule has 0 aliphatic heterocycles. The maximum absolute atomic E-state index is 6.29. The molecule has 29 heavy (non-hydrogen) atoms. The lowest BCUT2D eigenvalue weighted by molar-refractivity contribution is 0.420. The number of thioether (sulfide) groups is 1. The molecule has 2 aromatic heterocycles. The maximum atomic E-state index is 6.29. The van der Waals surface area contributed by atoms with Gasteiger partial charge >= 0.3 is 0 Å². The number of halogens is 2. The van der Waals surface area contributed by atoms with Crippen molar-refractivity contribution in [3.63, 3.8) is 0 Å². The van der Waals surface area contributed by atoms with E-state index in [1.165, 1.54) is 11.8 Å². The smallest absolute Gasteiger partial charge is 0.276 e. The molecule has 0 saturated carbocycles. The van der Waals surface area contributed by atoms with Crippen molar-refractivity contribution < 1.29 is 4.42 Å². The van der Waals surface area contributed by atoms with Crippen LogP contribution in [-0.2, 0) is 12.2 Å². The molecular formula is C21H16Cl2N4OS. The van der Waals surface area contributed by atoms with E-state index < -0.39 is 0 Å². The van der Waals surface area contributed by atoms with Crippen LogP contribution in [0.3, 0.4) is 0 Å². The van der Waals surface area contributed by atoms with Gasteiger partial charge < -0.3 is 9.73 Å². The van der Waals surface area contributed by atoms with E-state index in [-0.39, 0.29) is 0 Å². The first-order chi connectivity index (χ1) is 14.2. The van der Waals surface area contributed by atoms with Gasteiger partial charge in [-0.1, -0.05) is 59.2 Å².